The molecule has 1 rings (SSSR count). The molecule has 0 saturated heterocycles. The predicted octanol–water partition coefficient (Wildman–Crippen LogP) is 3.78. The van der Waals surface area contributed by atoms with Crippen molar-refractivity contribution >= 4 is 24.3 Å². The lowest BCUT2D eigenvalue weighted by Crippen LogP contribution is -1.71. The first-order valence-electron chi connectivity index (χ1n) is 2.66. The van der Waals surface area contributed by atoms with Gasteiger partial charge in [0.05, 0.1) is 29.2 Å². The van der Waals surface area contributed by atoms with Crippen molar-refractivity contribution in [3.63, 3.8) is 0 Å². The van der Waals surface area contributed by atoms with Crippen molar-refractivity contribution in [1.82, 2.24) is 0 Å². The van der Waals surface area contributed by atoms with Crippen LogP contribution in [0.4, 0.5) is 7.77 Å². The van der Waals surface area contributed by atoms with Gasteiger partial charge in [-0.15, -0.1) is 0 Å². The van der Waals surface area contributed by atoms with E-state index in [1.807, 2.05) is 0 Å². The third kappa shape index (κ3) is 2.00. The van der Waals surface area contributed by atoms with Crippen LogP contribution >= 0.6 is 24.3 Å². The molecule has 1 aromatic carbocycles. The van der Waals surface area contributed by atoms with Gasteiger partial charge in [-0.2, -0.15) is 7.77 Å². The molecule has 59 valence electrons. The van der Waals surface area contributed by atoms with Crippen LogP contribution in [0, 0.1) is 0 Å². The van der Waals surface area contributed by atoms with Crippen LogP contribution < -0.4 is 0 Å². The highest BCUT2D eigenvalue weighted by atomic mass is 32.2. The highest BCUT2D eigenvalue weighted by Crippen LogP contribution is 2.33. The van der Waals surface area contributed by atoms with Crippen molar-refractivity contribution in [2.45, 2.75) is 9.79 Å². The Morgan fingerprint density at radius 2 is 1.91 bits per heavy atom. The van der Waals surface area contributed by atoms with E-state index in [-0.39, 0.29) is 34.1 Å². The highest BCUT2D eigenvalue weighted by molar-refractivity contribution is 7.95. The first-order valence-corrected chi connectivity index (χ1v) is 4.09. The number of hydrogen-bond acceptors (Lipinski definition) is 2. The van der Waals surface area contributed by atoms with E-state index in [0.717, 1.165) is 6.07 Å². The van der Waals surface area contributed by atoms with Crippen LogP contribution in [0.1, 0.15) is 0 Å². The van der Waals surface area contributed by atoms with Crippen LogP contribution in [0.2, 0.25) is 0 Å². The summed E-state index contributed by atoms with van der Waals surface area (Å²) in [6, 6.07) is 3.63. The largest absolute Gasteiger partial charge is 0.289 e. The lowest BCUT2D eigenvalue weighted by molar-refractivity contribution is 0.344. The Balaban J connectivity index is 3.02. The average Bonchev–Trinajstić information content (AvgIpc) is 2.05. The average molecular weight is 193 g/mol. The molecular weight excluding hydrogens is 190 g/mol. The molecule has 1 aromatic rings. The molecule has 0 bridgehead atoms. The number of hydrogen-bond donors (Lipinski definition) is 0. The first-order chi connectivity index (χ1) is 5.27. The monoisotopic (exact) mass is 193 g/mol. The molecule has 0 N–H and O–H groups in total. The van der Waals surface area contributed by atoms with Gasteiger partial charge >= 0.3 is 0 Å². The van der Waals surface area contributed by atoms with Gasteiger partial charge in [0.25, 0.3) is 0 Å². The van der Waals surface area contributed by atoms with Gasteiger partial charge < -0.3 is 0 Å². The summed E-state index contributed by atoms with van der Waals surface area (Å²) < 4.78 is 23.7. The molecule has 5 heteroatoms. The van der Waals surface area contributed by atoms with Crippen LogP contribution in [0.15, 0.2) is 28.0 Å². The minimum absolute atomic E-state index is 0.0119. The molecule has 1 nitrogen and oxygen atoms in total. The van der Waals surface area contributed by atoms with Crippen LogP contribution in [0.3, 0.4) is 0 Å². The standard InChI is InChI=1S/C6H3F2OS2/c7-10-4-1-2-5(9)6(3-4)11-8/h1-3H. The molecule has 0 aliphatic rings. The number of halogens is 2. The molecule has 0 aliphatic heterocycles. The lowest BCUT2D eigenvalue weighted by atomic mass is 10.3. The minimum atomic E-state index is -0.421. The second-order valence-corrected chi connectivity index (χ2v) is 2.98. The molecule has 0 atom stereocenters. The summed E-state index contributed by atoms with van der Waals surface area (Å²) in [5.74, 6) is -0.421. The minimum Gasteiger partial charge on any atom is -0.289 e. The summed E-state index contributed by atoms with van der Waals surface area (Å²) in [4.78, 5) is 0.164. The van der Waals surface area contributed by atoms with Crippen LogP contribution in [0.25, 0.3) is 0 Å². The molecule has 0 saturated carbocycles. The molecule has 0 aromatic heterocycles. The van der Waals surface area contributed by atoms with Gasteiger partial charge in [-0.25, -0.2) is 0 Å². The molecular formula is C6H3F2OS2. The zero-order valence-corrected chi connectivity index (χ0v) is 6.85. The zero-order valence-electron chi connectivity index (χ0n) is 5.21. The zero-order chi connectivity index (χ0) is 8.27. The quantitative estimate of drug-likeness (QED) is 0.712. The fourth-order valence-corrected chi connectivity index (χ4v) is 1.27. The Morgan fingerprint density at radius 1 is 1.18 bits per heavy atom. The van der Waals surface area contributed by atoms with Crippen molar-refractivity contribution in [2.75, 3.05) is 0 Å². The number of rotatable bonds is 2. The van der Waals surface area contributed by atoms with Gasteiger partial charge in [-0.1, -0.05) is 0 Å². The lowest BCUT2D eigenvalue weighted by Gasteiger charge is -1.95. The van der Waals surface area contributed by atoms with E-state index in [2.05, 4.69) is 0 Å². The SMILES string of the molecule is [O]c1ccc(SF)cc1SF. The summed E-state index contributed by atoms with van der Waals surface area (Å²) in [6.07, 6.45) is 0. The Bertz CT molecular complexity index is 254. The summed E-state index contributed by atoms with van der Waals surface area (Å²) in [7, 11) is 0. The van der Waals surface area contributed by atoms with Crippen LogP contribution in [-0.2, 0) is 5.11 Å². The van der Waals surface area contributed by atoms with Crippen molar-refractivity contribution in [3.8, 4) is 5.75 Å². The van der Waals surface area contributed by atoms with E-state index in [1.54, 1.807) is 0 Å². The fraction of sp³-hybridized carbons (Fsp3) is 0. The molecule has 0 unspecified atom stereocenters. The third-order valence-electron chi connectivity index (χ3n) is 1.09. The third-order valence-corrected chi connectivity index (χ3v) is 2.00. The van der Waals surface area contributed by atoms with E-state index in [1.165, 1.54) is 12.1 Å². The molecule has 0 fully saturated rings. The normalized spacial score (nSPS) is 10.0. The Morgan fingerprint density at radius 3 is 2.45 bits per heavy atom. The second-order valence-electron chi connectivity index (χ2n) is 1.76. The molecule has 0 heterocycles. The second kappa shape index (κ2) is 3.82. The molecule has 0 aliphatic carbocycles. The van der Waals surface area contributed by atoms with Crippen molar-refractivity contribution in [1.29, 1.82) is 0 Å². The summed E-state index contributed by atoms with van der Waals surface area (Å²) in [6.45, 7) is 0. The molecule has 0 spiro atoms. The first kappa shape index (κ1) is 8.67. The summed E-state index contributed by atoms with van der Waals surface area (Å²) in [5, 5.41) is 10.7. The maximum absolute atomic E-state index is 11.9. The fourth-order valence-electron chi connectivity index (χ4n) is 0.597. The Kier molecular flexibility index (Phi) is 3.02. The number of benzene rings is 1. The van der Waals surface area contributed by atoms with Gasteiger partial charge in [0.2, 0.25) is 0 Å². The van der Waals surface area contributed by atoms with Crippen molar-refractivity contribution < 1.29 is 12.9 Å². The van der Waals surface area contributed by atoms with E-state index in [4.69, 9.17) is 0 Å². The van der Waals surface area contributed by atoms with Gasteiger partial charge in [0.1, 0.15) is 0 Å². The summed E-state index contributed by atoms with van der Waals surface area (Å²) in [5.41, 5.74) is 0. The summed E-state index contributed by atoms with van der Waals surface area (Å²) >= 11 is -0.179. The van der Waals surface area contributed by atoms with Gasteiger partial charge in [0, 0.05) is 4.90 Å². The van der Waals surface area contributed by atoms with Crippen LogP contribution in [0.5, 0.6) is 5.75 Å². The van der Waals surface area contributed by atoms with Crippen LogP contribution in [-0.4, -0.2) is 0 Å². The van der Waals surface area contributed by atoms with Gasteiger partial charge in [-0.3, -0.25) is 5.11 Å². The van der Waals surface area contributed by atoms with E-state index in [0.29, 0.717) is 0 Å². The van der Waals surface area contributed by atoms with Crippen molar-refractivity contribution in [2.24, 2.45) is 0 Å². The van der Waals surface area contributed by atoms with Gasteiger partial charge in [-0.05, 0) is 18.2 Å². The highest BCUT2D eigenvalue weighted by Gasteiger charge is 2.05. The smallest absolute Gasteiger partial charge is 0.194 e. The Hall–Kier alpha value is -0.420. The van der Waals surface area contributed by atoms with E-state index >= 15 is 0 Å². The van der Waals surface area contributed by atoms with Gasteiger partial charge in [0.15, 0.2) is 5.75 Å². The maximum Gasteiger partial charge on any atom is 0.194 e. The molecule has 1 radical (unpaired) electrons. The molecule has 0 amide bonds. The Labute approximate surface area is 71.4 Å². The predicted molar refractivity (Wildman–Crippen MR) is 40.5 cm³/mol. The topological polar surface area (TPSA) is 19.9 Å². The van der Waals surface area contributed by atoms with E-state index in [9.17, 15) is 12.9 Å². The van der Waals surface area contributed by atoms with Crippen molar-refractivity contribution in [3.05, 3.63) is 18.2 Å². The van der Waals surface area contributed by atoms with E-state index < -0.39 is 5.75 Å². The maximum atomic E-state index is 11.9. The molecule has 11 heavy (non-hydrogen) atoms.